The van der Waals surface area contributed by atoms with Crippen LogP contribution in [0.1, 0.15) is 38.3 Å². The summed E-state index contributed by atoms with van der Waals surface area (Å²) in [5.74, 6) is 1.54. The summed E-state index contributed by atoms with van der Waals surface area (Å²) < 4.78 is 5.83. The fourth-order valence-corrected chi connectivity index (χ4v) is 5.51. The first kappa shape index (κ1) is 21.2. The number of hydrogen-bond donors (Lipinski definition) is 2. The molecule has 3 N–H and O–H groups in total. The molecule has 7 nitrogen and oxygen atoms in total. The predicted molar refractivity (Wildman–Crippen MR) is 123 cm³/mol. The highest BCUT2D eigenvalue weighted by molar-refractivity contribution is 7.99. The van der Waals surface area contributed by atoms with Crippen molar-refractivity contribution >= 4 is 35.0 Å². The SMILES string of the molecule is Cc1nc(N2CCC3(CC2)CO[C@@H](C)[C@H]3N)[c]nc1Sc1ccnc(NC2CC2)c1Cl. The molecule has 2 atom stereocenters. The highest BCUT2D eigenvalue weighted by atomic mass is 35.5. The molecule has 1 saturated carbocycles. The summed E-state index contributed by atoms with van der Waals surface area (Å²) in [6.45, 7) is 6.61. The van der Waals surface area contributed by atoms with Gasteiger partial charge < -0.3 is 20.7 Å². The van der Waals surface area contributed by atoms with E-state index in [-0.39, 0.29) is 17.6 Å². The van der Waals surface area contributed by atoms with Gasteiger partial charge in [0, 0.05) is 41.7 Å². The molecule has 2 aliphatic heterocycles. The van der Waals surface area contributed by atoms with Gasteiger partial charge in [0.05, 0.1) is 23.4 Å². The molecule has 2 aromatic heterocycles. The van der Waals surface area contributed by atoms with E-state index in [0.717, 1.165) is 59.8 Å². The lowest BCUT2D eigenvalue weighted by atomic mass is 9.73. The fraction of sp³-hybridized carbons (Fsp3) is 0.591. The Morgan fingerprint density at radius 2 is 2.13 bits per heavy atom. The van der Waals surface area contributed by atoms with Crippen molar-refractivity contribution in [2.75, 3.05) is 29.9 Å². The van der Waals surface area contributed by atoms with E-state index in [1.807, 2.05) is 13.0 Å². The number of ether oxygens (including phenoxy) is 1. The Bertz CT molecular complexity index is 963. The molecule has 0 bridgehead atoms. The number of hydrogen-bond acceptors (Lipinski definition) is 8. The molecule has 1 spiro atoms. The molecule has 3 aliphatic rings. The van der Waals surface area contributed by atoms with Gasteiger partial charge in [-0.1, -0.05) is 23.4 Å². The molecular weight excluding hydrogens is 432 g/mol. The van der Waals surface area contributed by atoms with Crippen LogP contribution in [-0.2, 0) is 4.74 Å². The summed E-state index contributed by atoms with van der Waals surface area (Å²) in [6.07, 6.45) is 9.42. The summed E-state index contributed by atoms with van der Waals surface area (Å²) in [7, 11) is 0. The van der Waals surface area contributed by atoms with Crippen LogP contribution in [0.3, 0.4) is 0 Å². The third-order valence-corrected chi connectivity index (χ3v) is 8.36. The van der Waals surface area contributed by atoms with E-state index >= 15 is 0 Å². The number of pyridine rings is 1. The van der Waals surface area contributed by atoms with Gasteiger partial charge in [-0.15, -0.1) is 0 Å². The Morgan fingerprint density at radius 3 is 2.77 bits per heavy atom. The van der Waals surface area contributed by atoms with Crippen molar-refractivity contribution in [3.8, 4) is 0 Å². The Morgan fingerprint density at radius 1 is 1.35 bits per heavy atom. The van der Waals surface area contributed by atoms with E-state index in [4.69, 9.17) is 27.1 Å². The summed E-state index contributed by atoms with van der Waals surface area (Å²) in [5, 5.41) is 4.82. The minimum Gasteiger partial charge on any atom is -0.376 e. The number of nitrogens with one attached hydrogen (secondary N) is 1. The average Bonchev–Trinajstić information content (AvgIpc) is 3.55. The van der Waals surface area contributed by atoms with Crippen LogP contribution >= 0.6 is 23.4 Å². The standard InChI is InChI=1S/C22H28ClN6OS/c1-13-21(31-16-5-8-25-20(18(16)23)28-15-3-4-15)26-11-17(27-13)29-9-6-22(7-10-29)12-30-14(2)19(22)24/h5,8,14-15,19H,3-4,6-7,9-10,12,24H2,1-2H3,(H,25,28)/t14-,19+/m0/s1. The van der Waals surface area contributed by atoms with Gasteiger partial charge in [-0.2, -0.15) is 0 Å². The van der Waals surface area contributed by atoms with Crippen molar-refractivity contribution in [3.63, 3.8) is 0 Å². The van der Waals surface area contributed by atoms with Gasteiger partial charge >= 0.3 is 0 Å². The lowest BCUT2D eigenvalue weighted by Crippen LogP contribution is -2.50. The van der Waals surface area contributed by atoms with Gasteiger partial charge in [0.25, 0.3) is 0 Å². The molecule has 0 amide bonds. The van der Waals surface area contributed by atoms with E-state index < -0.39 is 0 Å². The molecule has 0 aromatic carbocycles. The Balaban J connectivity index is 1.27. The number of aryl methyl sites for hydroxylation is 1. The molecule has 2 aromatic rings. The van der Waals surface area contributed by atoms with Crippen LogP contribution in [0.4, 0.5) is 11.6 Å². The zero-order valence-electron chi connectivity index (χ0n) is 17.9. The maximum atomic E-state index is 6.58. The van der Waals surface area contributed by atoms with Gasteiger partial charge in [0.2, 0.25) is 0 Å². The fourth-order valence-electron chi connectivity index (χ4n) is 4.42. The minimum atomic E-state index is 0.0957. The normalized spacial score (nSPS) is 25.2. The lowest BCUT2D eigenvalue weighted by molar-refractivity contribution is 0.0974. The average molecular weight is 460 g/mol. The first-order chi connectivity index (χ1) is 14.9. The Kier molecular flexibility index (Phi) is 5.75. The summed E-state index contributed by atoms with van der Waals surface area (Å²) in [5.41, 5.74) is 7.41. The lowest BCUT2D eigenvalue weighted by Gasteiger charge is -2.41. The van der Waals surface area contributed by atoms with Crippen LogP contribution in [0.25, 0.3) is 0 Å². The van der Waals surface area contributed by atoms with Crippen molar-refractivity contribution in [1.29, 1.82) is 0 Å². The summed E-state index contributed by atoms with van der Waals surface area (Å²) in [6, 6.07) is 2.52. The highest BCUT2D eigenvalue weighted by Crippen LogP contribution is 2.42. The van der Waals surface area contributed by atoms with Crippen molar-refractivity contribution in [2.45, 2.75) is 67.6 Å². The maximum absolute atomic E-state index is 6.58. The van der Waals surface area contributed by atoms with Crippen molar-refractivity contribution in [3.05, 3.63) is 29.2 Å². The highest BCUT2D eigenvalue weighted by Gasteiger charge is 2.47. The zero-order chi connectivity index (χ0) is 21.6. The Hall–Kier alpha value is -1.61. The molecule has 3 fully saturated rings. The monoisotopic (exact) mass is 459 g/mol. The number of nitrogens with zero attached hydrogens (tertiary/aromatic N) is 4. The quantitative estimate of drug-likeness (QED) is 0.699. The first-order valence-corrected chi connectivity index (χ1v) is 12.1. The van der Waals surface area contributed by atoms with Gasteiger partial charge in [0.15, 0.2) is 5.82 Å². The van der Waals surface area contributed by atoms with E-state index in [1.165, 1.54) is 24.6 Å². The van der Waals surface area contributed by atoms with Crippen LogP contribution in [0.2, 0.25) is 5.02 Å². The van der Waals surface area contributed by atoms with Gasteiger partial charge in [0.1, 0.15) is 17.0 Å². The largest absolute Gasteiger partial charge is 0.376 e. The number of anilines is 2. The van der Waals surface area contributed by atoms with Crippen LogP contribution in [0.15, 0.2) is 22.2 Å². The second kappa shape index (κ2) is 8.39. The molecule has 1 radical (unpaired) electrons. The van der Waals surface area contributed by atoms with Crippen molar-refractivity contribution < 1.29 is 4.74 Å². The predicted octanol–water partition coefficient (Wildman–Crippen LogP) is 3.69. The van der Waals surface area contributed by atoms with Crippen molar-refractivity contribution in [2.24, 2.45) is 11.1 Å². The van der Waals surface area contributed by atoms with Crippen LogP contribution < -0.4 is 16.0 Å². The third-order valence-electron chi connectivity index (χ3n) is 6.72. The smallest absolute Gasteiger partial charge is 0.157 e. The van der Waals surface area contributed by atoms with E-state index in [9.17, 15) is 0 Å². The Labute approximate surface area is 192 Å². The molecule has 5 rings (SSSR count). The topological polar surface area (TPSA) is 89.2 Å². The first-order valence-electron chi connectivity index (χ1n) is 10.9. The number of halogens is 1. The number of rotatable bonds is 5. The summed E-state index contributed by atoms with van der Waals surface area (Å²) in [4.78, 5) is 16.9. The van der Waals surface area contributed by atoms with E-state index in [1.54, 1.807) is 6.20 Å². The molecule has 165 valence electrons. The zero-order valence-corrected chi connectivity index (χ0v) is 19.5. The van der Waals surface area contributed by atoms with Gasteiger partial charge in [-0.25, -0.2) is 15.0 Å². The molecule has 2 saturated heterocycles. The molecule has 9 heteroatoms. The van der Waals surface area contributed by atoms with Gasteiger partial charge in [-0.05, 0) is 45.6 Å². The van der Waals surface area contributed by atoms with E-state index in [0.29, 0.717) is 11.1 Å². The third kappa shape index (κ3) is 4.23. The van der Waals surface area contributed by atoms with Crippen molar-refractivity contribution in [1.82, 2.24) is 15.0 Å². The molecular formula is C22H28ClN6OS. The van der Waals surface area contributed by atoms with Crippen LogP contribution in [-0.4, -0.2) is 52.8 Å². The molecule has 1 aliphatic carbocycles. The number of aromatic nitrogens is 3. The molecule has 4 heterocycles. The number of piperidine rings is 1. The van der Waals surface area contributed by atoms with E-state index in [2.05, 4.69) is 33.3 Å². The second-order valence-electron chi connectivity index (χ2n) is 8.93. The second-order valence-corrected chi connectivity index (χ2v) is 10.3. The minimum absolute atomic E-state index is 0.0957. The molecule has 31 heavy (non-hydrogen) atoms. The number of nitrogens with two attached hydrogens (primary N) is 1. The van der Waals surface area contributed by atoms with Crippen LogP contribution in [0, 0.1) is 18.5 Å². The summed E-state index contributed by atoms with van der Waals surface area (Å²) >= 11 is 8.09. The molecule has 0 unspecified atom stereocenters. The maximum Gasteiger partial charge on any atom is 0.157 e. The van der Waals surface area contributed by atoms with Gasteiger partial charge in [-0.3, -0.25) is 0 Å². The van der Waals surface area contributed by atoms with Crippen LogP contribution in [0.5, 0.6) is 0 Å².